The van der Waals surface area contributed by atoms with Crippen LogP contribution in [0.2, 0.25) is 0 Å². The maximum Gasteiger partial charge on any atom is 0.258 e. The predicted octanol–water partition coefficient (Wildman–Crippen LogP) is 1.13. The van der Waals surface area contributed by atoms with Crippen molar-refractivity contribution < 1.29 is 0 Å². The molecule has 0 aliphatic carbocycles. The molecule has 1 aliphatic rings. The lowest BCUT2D eigenvalue weighted by molar-refractivity contribution is 0.235. The second kappa shape index (κ2) is 6.37. The van der Waals surface area contributed by atoms with E-state index in [2.05, 4.69) is 22.2 Å². The first-order valence-corrected chi connectivity index (χ1v) is 7.59. The van der Waals surface area contributed by atoms with E-state index in [1.54, 1.807) is 16.7 Å². The summed E-state index contributed by atoms with van der Waals surface area (Å²) in [4.78, 5) is 18.9. The van der Waals surface area contributed by atoms with E-state index in [1.165, 1.54) is 12.8 Å². The lowest BCUT2D eigenvalue weighted by atomic mass is 9.99. The highest BCUT2D eigenvalue weighted by Crippen LogP contribution is 2.12. The summed E-state index contributed by atoms with van der Waals surface area (Å²) < 4.78 is 1.58. The molecule has 5 heteroatoms. The van der Waals surface area contributed by atoms with Crippen LogP contribution in [0.5, 0.6) is 0 Å². The van der Waals surface area contributed by atoms with Gasteiger partial charge < -0.3 is 10.2 Å². The third-order valence-corrected chi connectivity index (χ3v) is 4.02. The fourth-order valence-electron chi connectivity index (χ4n) is 3.05. The van der Waals surface area contributed by atoms with Gasteiger partial charge in [0.1, 0.15) is 5.65 Å². The molecule has 0 spiro atoms. The topological polar surface area (TPSA) is 49.6 Å². The maximum atomic E-state index is 12.1. The summed E-state index contributed by atoms with van der Waals surface area (Å²) in [6.07, 6.45) is 4.30. The Morgan fingerprint density at radius 3 is 3.19 bits per heavy atom. The molecule has 1 fully saturated rings. The van der Waals surface area contributed by atoms with Crippen LogP contribution < -0.4 is 10.9 Å². The van der Waals surface area contributed by atoms with Crippen molar-refractivity contribution in [2.24, 2.45) is 5.92 Å². The van der Waals surface area contributed by atoms with Gasteiger partial charge in [-0.3, -0.25) is 9.20 Å². The van der Waals surface area contributed by atoms with E-state index in [0.29, 0.717) is 11.6 Å². The van der Waals surface area contributed by atoms with Gasteiger partial charge in [-0.2, -0.15) is 0 Å². The summed E-state index contributed by atoms with van der Waals surface area (Å²) in [5.74, 6) is 0.699. The molecular weight excluding hydrogens is 264 g/mol. The van der Waals surface area contributed by atoms with Gasteiger partial charge in [0.05, 0.1) is 5.69 Å². The van der Waals surface area contributed by atoms with E-state index in [0.717, 1.165) is 31.9 Å². The normalized spacial score (nSPS) is 19.2. The summed E-state index contributed by atoms with van der Waals surface area (Å²) in [5, 5.41) is 3.44. The van der Waals surface area contributed by atoms with Crippen LogP contribution in [0, 0.1) is 5.92 Å². The van der Waals surface area contributed by atoms with Crippen LogP contribution in [0.3, 0.4) is 0 Å². The Morgan fingerprint density at radius 1 is 1.48 bits per heavy atom. The Balaban J connectivity index is 1.70. The van der Waals surface area contributed by atoms with Gasteiger partial charge in [-0.25, -0.2) is 4.98 Å². The van der Waals surface area contributed by atoms with Crippen LogP contribution in [0.15, 0.2) is 35.3 Å². The molecule has 3 heterocycles. The average molecular weight is 286 g/mol. The smallest absolute Gasteiger partial charge is 0.258 e. The molecule has 5 nitrogen and oxygen atoms in total. The quantitative estimate of drug-likeness (QED) is 0.915. The molecule has 21 heavy (non-hydrogen) atoms. The second-order valence-electron chi connectivity index (χ2n) is 5.92. The monoisotopic (exact) mass is 286 g/mol. The lowest BCUT2D eigenvalue weighted by Crippen LogP contribution is -2.36. The Hall–Kier alpha value is -1.72. The van der Waals surface area contributed by atoms with Gasteiger partial charge in [0.25, 0.3) is 5.56 Å². The molecule has 2 aromatic rings. The molecule has 1 unspecified atom stereocenters. The van der Waals surface area contributed by atoms with Crippen molar-refractivity contribution >= 4 is 5.65 Å². The van der Waals surface area contributed by atoms with Gasteiger partial charge in [0.15, 0.2) is 0 Å². The molecule has 3 rings (SSSR count). The van der Waals surface area contributed by atoms with Gasteiger partial charge in [-0.1, -0.05) is 6.07 Å². The zero-order chi connectivity index (χ0) is 14.7. The molecule has 0 radical (unpaired) electrons. The number of fused-ring (bicyclic) bond motifs is 1. The molecule has 2 aromatic heterocycles. The van der Waals surface area contributed by atoms with Crippen LogP contribution in [-0.4, -0.2) is 41.0 Å². The highest BCUT2D eigenvalue weighted by atomic mass is 16.1. The first-order chi connectivity index (χ1) is 10.2. The Morgan fingerprint density at radius 2 is 2.38 bits per heavy atom. The summed E-state index contributed by atoms with van der Waals surface area (Å²) in [5.41, 5.74) is 1.55. The average Bonchev–Trinajstić information content (AvgIpc) is 2.48. The van der Waals surface area contributed by atoms with Crippen LogP contribution in [0.25, 0.3) is 5.65 Å². The highest BCUT2D eigenvalue weighted by Gasteiger charge is 2.15. The van der Waals surface area contributed by atoms with Gasteiger partial charge in [-0.05, 0) is 51.0 Å². The molecular formula is C16H22N4O. The number of hydrogen-bond donors (Lipinski definition) is 1. The summed E-state index contributed by atoms with van der Waals surface area (Å²) in [7, 11) is 2.10. The molecule has 1 N–H and O–H groups in total. The second-order valence-corrected chi connectivity index (χ2v) is 5.92. The predicted molar refractivity (Wildman–Crippen MR) is 83.4 cm³/mol. The van der Waals surface area contributed by atoms with Crippen molar-refractivity contribution in [2.75, 3.05) is 26.7 Å². The largest absolute Gasteiger partial charge is 0.316 e. The van der Waals surface area contributed by atoms with Crippen molar-refractivity contribution in [1.29, 1.82) is 0 Å². The van der Waals surface area contributed by atoms with E-state index in [4.69, 9.17) is 0 Å². The fraction of sp³-hybridized carbons (Fsp3) is 0.500. The standard InChI is InChI=1S/C16H22N4O/c1-19(11-13-5-4-7-17-10-13)12-14-9-16(21)20-8-3-2-6-15(20)18-14/h2-3,6,8-9,13,17H,4-5,7,10-12H2,1H3. The Bertz CT molecular complexity index is 661. The number of nitrogens with one attached hydrogen (secondary N) is 1. The van der Waals surface area contributed by atoms with E-state index in [-0.39, 0.29) is 5.56 Å². The molecule has 1 atom stereocenters. The van der Waals surface area contributed by atoms with Crippen molar-refractivity contribution in [2.45, 2.75) is 19.4 Å². The number of pyridine rings is 1. The van der Waals surface area contributed by atoms with Crippen LogP contribution >= 0.6 is 0 Å². The van der Waals surface area contributed by atoms with Gasteiger partial charge in [0, 0.05) is 25.4 Å². The summed E-state index contributed by atoms with van der Waals surface area (Å²) in [6.45, 7) is 4.00. The van der Waals surface area contributed by atoms with E-state index in [1.807, 2.05) is 18.2 Å². The summed E-state index contributed by atoms with van der Waals surface area (Å²) in [6, 6.07) is 7.26. The molecule has 112 valence electrons. The van der Waals surface area contributed by atoms with Crippen molar-refractivity contribution in [3.05, 3.63) is 46.5 Å². The van der Waals surface area contributed by atoms with Crippen molar-refractivity contribution in [3.63, 3.8) is 0 Å². The Labute approximate surface area is 124 Å². The first-order valence-electron chi connectivity index (χ1n) is 7.59. The Kier molecular flexibility index (Phi) is 4.31. The van der Waals surface area contributed by atoms with Crippen LogP contribution in [0.1, 0.15) is 18.5 Å². The minimum atomic E-state index is -0.0108. The summed E-state index contributed by atoms with van der Waals surface area (Å²) >= 11 is 0. The first kappa shape index (κ1) is 14.2. The van der Waals surface area contributed by atoms with E-state index in [9.17, 15) is 4.79 Å². The van der Waals surface area contributed by atoms with Crippen LogP contribution in [0.4, 0.5) is 0 Å². The number of nitrogens with zero attached hydrogens (tertiary/aromatic N) is 3. The molecule has 0 aromatic carbocycles. The van der Waals surface area contributed by atoms with E-state index < -0.39 is 0 Å². The number of piperidine rings is 1. The van der Waals surface area contributed by atoms with Crippen molar-refractivity contribution in [1.82, 2.24) is 19.6 Å². The number of rotatable bonds is 4. The highest BCUT2D eigenvalue weighted by molar-refractivity contribution is 5.37. The molecule has 0 amide bonds. The third kappa shape index (κ3) is 3.49. The molecule has 1 saturated heterocycles. The van der Waals surface area contributed by atoms with Gasteiger partial charge >= 0.3 is 0 Å². The van der Waals surface area contributed by atoms with Gasteiger partial charge in [-0.15, -0.1) is 0 Å². The van der Waals surface area contributed by atoms with Crippen LogP contribution in [-0.2, 0) is 6.54 Å². The zero-order valence-electron chi connectivity index (χ0n) is 12.5. The van der Waals surface area contributed by atoms with E-state index >= 15 is 0 Å². The molecule has 1 aliphatic heterocycles. The third-order valence-electron chi connectivity index (χ3n) is 4.02. The minimum Gasteiger partial charge on any atom is -0.316 e. The maximum absolute atomic E-state index is 12.1. The van der Waals surface area contributed by atoms with Gasteiger partial charge in [0.2, 0.25) is 0 Å². The zero-order valence-corrected chi connectivity index (χ0v) is 12.5. The van der Waals surface area contributed by atoms with Crippen molar-refractivity contribution in [3.8, 4) is 0 Å². The molecule has 0 saturated carbocycles. The lowest BCUT2D eigenvalue weighted by Gasteiger charge is -2.27. The number of aromatic nitrogens is 2. The minimum absolute atomic E-state index is 0.0108. The number of hydrogen-bond acceptors (Lipinski definition) is 4. The fourth-order valence-corrected chi connectivity index (χ4v) is 3.05. The SMILES string of the molecule is CN(Cc1cc(=O)n2ccccc2n1)CC1CCCNC1. The molecule has 0 bridgehead atoms.